The van der Waals surface area contributed by atoms with Gasteiger partial charge in [-0.15, -0.1) is 11.8 Å². The quantitative estimate of drug-likeness (QED) is 0.294. The fourth-order valence-electron chi connectivity index (χ4n) is 5.00. The number of thioether (sulfide) groups is 1. The third-order valence-corrected chi connectivity index (χ3v) is 8.56. The molecule has 14 heteroatoms. The molecule has 4 heterocycles. The van der Waals surface area contributed by atoms with Gasteiger partial charge < -0.3 is 20.6 Å². The highest BCUT2D eigenvalue weighted by atomic mass is 32.2. The Morgan fingerprint density at radius 2 is 1.84 bits per heavy atom. The Labute approximate surface area is 250 Å². The molecule has 5 rings (SSSR count). The van der Waals surface area contributed by atoms with Crippen molar-refractivity contribution >= 4 is 53.5 Å². The molecule has 3 N–H and O–H groups in total. The number of aliphatic carboxylic acids is 1. The minimum Gasteiger partial charge on any atom is -0.477 e. The molecular formula is C29H28N6O7S. The SMILES string of the molecule is CCN1CCN(C(=O)NC(C(=O)NC2C(=O)N3C(C(=O)O)=C(/C=C/c4cccnc4)CS[C@H]23)c2ccccc2)C(=O)C1=O. The van der Waals surface area contributed by atoms with E-state index in [1.807, 2.05) is 6.07 Å². The summed E-state index contributed by atoms with van der Waals surface area (Å²) >= 11 is 1.30. The van der Waals surface area contributed by atoms with Crippen molar-refractivity contribution in [3.8, 4) is 0 Å². The van der Waals surface area contributed by atoms with Crippen molar-refractivity contribution in [3.63, 3.8) is 0 Å². The lowest BCUT2D eigenvalue weighted by Crippen LogP contribution is -2.71. The molecule has 0 aliphatic carbocycles. The Hall–Kier alpha value is -4.98. The second kappa shape index (κ2) is 12.5. The molecule has 6 amide bonds. The number of benzene rings is 1. The lowest BCUT2D eigenvalue weighted by Gasteiger charge is -2.49. The van der Waals surface area contributed by atoms with Crippen LogP contribution in [0.1, 0.15) is 24.1 Å². The first-order valence-corrected chi connectivity index (χ1v) is 14.5. The number of urea groups is 1. The maximum absolute atomic E-state index is 13.5. The molecule has 0 saturated carbocycles. The van der Waals surface area contributed by atoms with E-state index in [9.17, 15) is 33.9 Å². The molecule has 3 aliphatic rings. The zero-order valence-electron chi connectivity index (χ0n) is 23.0. The standard InChI is InChI=1S/C29H28N6O7S/c1-2-33-13-14-34(26(39)25(33)38)29(42)32-20(18-8-4-3-5-9-18)23(36)31-21-24(37)35-22(28(40)41)19(16-43-27(21)35)11-10-17-7-6-12-30-15-17/h3-12,15,20-21,27H,2,13-14,16H2,1H3,(H,31,36)(H,32,42)(H,40,41)/b11-10+/t20?,21?,27-/m1/s1. The number of aromatic nitrogens is 1. The maximum Gasteiger partial charge on any atom is 0.352 e. The number of likely N-dealkylation sites (N-methyl/N-ethyl adjacent to an activating group) is 1. The number of carbonyl (C=O) groups excluding carboxylic acids is 5. The van der Waals surface area contributed by atoms with Crippen LogP contribution < -0.4 is 10.6 Å². The van der Waals surface area contributed by atoms with E-state index in [-0.39, 0.29) is 24.5 Å². The summed E-state index contributed by atoms with van der Waals surface area (Å²) in [5, 5.41) is 14.5. The number of hydrogen-bond acceptors (Lipinski definition) is 8. The van der Waals surface area contributed by atoms with Crippen LogP contribution in [0.5, 0.6) is 0 Å². The number of carbonyl (C=O) groups is 6. The minimum atomic E-state index is -1.30. The van der Waals surface area contributed by atoms with Gasteiger partial charge in [0.05, 0.1) is 0 Å². The van der Waals surface area contributed by atoms with E-state index in [1.54, 1.807) is 67.9 Å². The van der Waals surface area contributed by atoms with Crippen LogP contribution in [0.3, 0.4) is 0 Å². The van der Waals surface area contributed by atoms with E-state index in [0.717, 1.165) is 15.4 Å². The first-order chi connectivity index (χ1) is 20.7. The van der Waals surface area contributed by atoms with E-state index >= 15 is 0 Å². The van der Waals surface area contributed by atoms with Gasteiger partial charge in [0.2, 0.25) is 5.91 Å². The topological polar surface area (TPSA) is 169 Å². The van der Waals surface area contributed by atoms with Crippen LogP contribution in [0.4, 0.5) is 4.79 Å². The van der Waals surface area contributed by atoms with Crippen molar-refractivity contribution in [2.45, 2.75) is 24.4 Å². The molecule has 0 spiro atoms. The van der Waals surface area contributed by atoms with Crippen LogP contribution in [0.25, 0.3) is 6.08 Å². The summed E-state index contributed by atoms with van der Waals surface area (Å²) in [5.41, 5.74) is 1.42. The van der Waals surface area contributed by atoms with Crippen molar-refractivity contribution in [2.24, 2.45) is 0 Å². The van der Waals surface area contributed by atoms with Crippen molar-refractivity contribution in [3.05, 3.63) is 83.3 Å². The molecule has 222 valence electrons. The van der Waals surface area contributed by atoms with Crippen molar-refractivity contribution in [2.75, 3.05) is 25.4 Å². The number of amides is 6. The highest BCUT2D eigenvalue weighted by Gasteiger charge is 2.54. The highest BCUT2D eigenvalue weighted by Crippen LogP contribution is 2.41. The molecule has 13 nitrogen and oxygen atoms in total. The van der Waals surface area contributed by atoms with Crippen LogP contribution in [0.2, 0.25) is 0 Å². The zero-order valence-corrected chi connectivity index (χ0v) is 23.8. The lowest BCUT2D eigenvalue weighted by atomic mass is 10.0. The molecule has 43 heavy (non-hydrogen) atoms. The average molecular weight is 605 g/mol. The molecule has 3 atom stereocenters. The van der Waals surface area contributed by atoms with Gasteiger partial charge in [0.15, 0.2) is 0 Å². The molecule has 2 fully saturated rings. The van der Waals surface area contributed by atoms with Crippen molar-refractivity contribution in [1.29, 1.82) is 0 Å². The van der Waals surface area contributed by atoms with Gasteiger partial charge in [-0.25, -0.2) is 9.59 Å². The Kier molecular flexibility index (Phi) is 8.57. The molecule has 2 saturated heterocycles. The smallest absolute Gasteiger partial charge is 0.352 e. The summed E-state index contributed by atoms with van der Waals surface area (Å²) in [4.78, 5) is 84.2. The molecular weight excluding hydrogens is 576 g/mol. The second-order valence-corrected chi connectivity index (χ2v) is 10.9. The van der Waals surface area contributed by atoms with Gasteiger partial charge >= 0.3 is 23.8 Å². The van der Waals surface area contributed by atoms with Gasteiger partial charge in [-0.05, 0) is 29.7 Å². The molecule has 2 unspecified atom stereocenters. The summed E-state index contributed by atoms with van der Waals surface area (Å²) in [7, 11) is 0. The van der Waals surface area contributed by atoms with Crippen LogP contribution in [-0.4, -0.2) is 97.2 Å². The minimum absolute atomic E-state index is 0.0377. The number of imide groups is 1. The summed E-state index contributed by atoms with van der Waals surface area (Å²) in [5.74, 6) is -4.14. The van der Waals surface area contributed by atoms with Gasteiger partial charge in [0, 0.05) is 37.8 Å². The first kappa shape index (κ1) is 29.5. The number of carboxylic acids is 1. The number of pyridine rings is 1. The first-order valence-electron chi connectivity index (χ1n) is 13.5. The second-order valence-electron chi connectivity index (χ2n) is 9.83. The normalized spacial score (nSPS) is 21.0. The molecule has 0 bridgehead atoms. The zero-order chi connectivity index (χ0) is 30.7. The van der Waals surface area contributed by atoms with E-state index in [4.69, 9.17) is 0 Å². The molecule has 3 aliphatic heterocycles. The third-order valence-electron chi connectivity index (χ3n) is 7.26. The average Bonchev–Trinajstić information content (AvgIpc) is 3.02. The Morgan fingerprint density at radius 3 is 2.51 bits per heavy atom. The Morgan fingerprint density at radius 1 is 1.07 bits per heavy atom. The predicted molar refractivity (Wildman–Crippen MR) is 155 cm³/mol. The summed E-state index contributed by atoms with van der Waals surface area (Å²) in [6.07, 6.45) is 6.59. The largest absolute Gasteiger partial charge is 0.477 e. The van der Waals surface area contributed by atoms with E-state index < -0.39 is 53.1 Å². The van der Waals surface area contributed by atoms with E-state index in [1.165, 1.54) is 16.7 Å². The van der Waals surface area contributed by atoms with Crippen molar-refractivity contribution in [1.82, 2.24) is 30.3 Å². The van der Waals surface area contributed by atoms with E-state index in [2.05, 4.69) is 15.6 Å². The summed E-state index contributed by atoms with van der Waals surface area (Å²) < 4.78 is 0. The van der Waals surface area contributed by atoms with Crippen LogP contribution in [-0.2, 0) is 24.0 Å². The van der Waals surface area contributed by atoms with Crippen LogP contribution >= 0.6 is 11.8 Å². The predicted octanol–water partition coefficient (Wildman–Crippen LogP) is 0.975. The van der Waals surface area contributed by atoms with Gasteiger partial charge in [-0.3, -0.25) is 34.0 Å². The van der Waals surface area contributed by atoms with Gasteiger partial charge in [-0.2, -0.15) is 0 Å². The number of β-lactam (4-membered cyclic amide) rings is 1. The Bertz CT molecular complexity index is 1530. The Balaban J connectivity index is 1.32. The highest BCUT2D eigenvalue weighted by molar-refractivity contribution is 8.00. The number of carboxylic acid groups (broad SMARTS) is 1. The van der Waals surface area contributed by atoms with Gasteiger partial charge in [-0.1, -0.05) is 48.6 Å². The summed E-state index contributed by atoms with van der Waals surface area (Å²) in [6, 6.07) is 8.53. The van der Waals surface area contributed by atoms with E-state index in [0.29, 0.717) is 17.7 Å². The maximum atomic E-state index is 13.5. The molecule has 1 aromatic heterocycles. The van der Waals surface area contributed by atoms with Gasteiger partial charge in [0.25, 0.3) is 5.91 Å². The van der Waals surface area contributed by atoms with Gasteiger partial charge in [0.1, 0.15) is 23.2 Å². The van der Waals surface area contributed by atoms with Crippen LogP contribution in [0, 0.1) is 0 Å². The molecule has 2 aromatic rings. The number of allylic oxidation sites excluding steroid dienone is 1. The summed E-state index contributed by atoms with van der Waals surface area (Å²) in [6.45, 7) is 2.17. The fourth-order valence-corrected chi connectivity index (χ4v) is 6.31. The number of hydrogen-bond donors (Lipinski definition) is 3. The fraction of sp³-hybridized carbons (Fsp3) is 0.276. The number of rotatable bonds is 8. The molecule has 0 radical (unpaired) electrons. The lowest BCUT2D eigenvalue weighted by molar-refractivity contribution is -0.153. The number of nitrogens with one attached hydrogen (secondary N) is 2. The number of fused-ring (bicyclic) bond motifs is 1. The number of nitrogens with zero attached hydrogens (tertiary/aromatic N) is 4. The van der Waals surface area contributed by atoms with Crippen molar-refractivity contribution < 1.29 is 33.9 Å². The third kappa shape index (κ3) is 5.86. The van der Waals surface area contributed by atoms with Crippen LogP contribution in [0.15, 0.2) is 72.2 Å². The monoisotopic (exact) mass is 604 g/mol. The molecule has 1 aromatic carbocycles. The number of piperazine rings is 1.